The Morgan fingerprint density at radius 3 is 2.23 bits per heavy atom. The molecule has 1 aromatic carbocycles. The summed E-state index contributed by atoms with van der Waals surface area (Å²) < 4.78 is 0. The van der Waals surface area contributed by atoms with Gasteiger partial charge in [0.2, 0.25) is 17.7 Å². The van der Waals surface area contributed by atoms with E-state index in [1.165, 1.54) is 17.0 Å². The third-order valence-corrected chi connectivity index (χ3v) is 6.12. The van der Waals surface area contributed by atoms with Crippen LogP contribution in [0.1, 0.15) is 52.5 Å². The number of amides is 3. The highest BCUT2D eigenvalue weighted by molar-refractivity contribution is 5.94. The molecule has 1 fully saturated rings. The lowest BCUT2D eigenvalue weighted by molar-refractivity contribution is -0.149. The number of nitrogens with zero attached hydrogens (tertiary/aromatic N) is 1. The van der Waals surface area contributed by atoms with Crippen LogP contribution in [0.2, 0.25) is 0 Å². The van der Waals surface area contributed by atoms with Gasteiger partial charge in [0.05, 0.1) is 6.04 Å². The molecule has 4 unspecified atom stereocenters. The van der Waals surface area contributed by atoms with Crippen LogP contribution in [0.4, 0.5) is 0 Å². The third-order valence-electron chi connectivity index (χ3n) is 6.12. The first-order valence-electron chi connectivity index (χ1n) is 12.1. The van der Waals surface area contributed by atoms with Crippen LogP contribution in [0.3, 0.4) is 0 Å². The number of hydrogen-bond donors (Lipinski definition) is 5. The minimum atomic E-state index is -1.09. The number of aromatic hydroxyl groups is 1. The molecule has 1 aliphatic heterocycles. The Labute approximate surface area is 206 Å². The van der Waals surface area contributed by atoms with E-state index in [4.69, 9.17) is 5.73 Å². The maximum atomic E-state index is 13.4. The van der Waals surface area contributed by atoms with Crippen LogP contribution < -0.4 is 16.4 Å². The van der Waals surface area contributed by atoms with Crippen molar-refractivity contribution in [2.75, 3.05) is 6.54 Å². The van der Waals surface area contributed by atoms with Crippen molar-refractivity contribution in [1.29, 1.82) is 0 Å². The molecule has 1 heterocycles. The molecule has 1 saturated heterocycles. The minimum Gasteiger partial charge on any atom is -0.508 e. The van der Waals surface area contributed by atoms with E-state index < -0.39 is 47.9 Å². The molecule has 0 spiro atoms. The number of likely N-dealkylation sites (tertiary alicyclic amines) is 1. The summed E-state index contributed by atoms with van der Waals surface area (Å²) in [6.45, 7) is 7.72. The van der Waals surface area contributed by atoms with Gasteiger partial charge in [-0.3, -0.25) is 14.4 Å². The quantitative estimate of drug-likeness (QED) is 0.309. The molecule has 1 aromatic rings. The summed E-state index contributed by atoms with van der Waals surface area (Å²) in [4.78, 5) is 52.2. The fraction of sp³-hybridized carbons (Fsp3) is 0.600. The monoisotopic (exact) mass is 490 g/mol. The Balaban J connectivity index is 2.24. The number of hydrogen-bond acceptors (Lipinski definition) is 6. The SMILES string of the molecule is CC(C)CC(N)C(=O)NC(C(=O)NC(Cc1ccc(O)cc1)C(=O)N1CCCC1C(=O)O)C(C)C. The highest BCUT2D eigenvalue weighted by Gasteiger charge is 2.38. The molecule has 0 bridgehead atoms. The second kappa shape index (κ2) is 12.5. The summed E-state index contributed by atoms with van der Waals surface area (Å²) in [7, 11) is 0. The lowest BCUT2D eigenvalue weighted by Crippen LogP contribution is -2.59. The number of carbonyl (C=O) groups is 4. The van der Waals surface area contributed by atoms with Crippen LogP contribution in [0.25, 0.3) is 0 Å². The maximum absolute atomic E-state index is 13.4. The summed E-state index contributed by atoms with van der Waals surface area (Å²) in [6.07, 6.45) is 1.46. The largest absolute Gasteiger partial charge is 0.508 e. The van der Waals surface area contributed by atoms with Crippen molar-refractivity contribution in [3.8, 4) is 5.75 Å². The summed E-state index contributed by atoms with van der Waals surface area (Å²) >= 11 is 0. The van der Waals surface area contributed by atoms with Crippen LogP contribution in [0.5, 0.6) is 5.75 Å². The Bertz CT molecular complexity index is 902. The van der Waals surface area contributed by atoms with Crippen molar-refractivity contribution in [2.45, 2.75) is 77.5 Å². The predicted octanol–water partition coefficient (Wildman–Crippen LogP) is 1.01. The number of aliphatic carboxylic acids is 1. The second-order valence-electron chi connectivity index (χ2n) is 9.93. The first-order valence-corrected chi connectivity index (χ1v) is 12.1. The van der Waals surface area contributed by atoms with E-state index in [2.05, 4.69) is 10.6 Å². The molecule has 1 aliphatic rings. The average Bonchev–Trinajstić information content (AvgIpc) is 3.27. The van der Waals surface area contributed by atoms with Crippen molar-refractivity contribution < 1.29 is 29.4 Å². The summed E-state index contributed by atoms with van der Waals surface area (Å²) in [5.41, 5.74) is 6.65. The fourth-order valence-corrected chi connectivity index (χ4v) is 4.23. The molecule has 0 aliphatic carbocycles. The van der Waals surface area contributed by atoms with E-state index in [1.54, 1.807) is 26.0 Å². The molecular weight excluding hydrogens is 452 g/mol. The van der Waals surface area contributed by atoms with Crippen LogP contribution in [-0.4, -0.2) is 69.5 Å². The molecule has 35 heavy (non-hydrogen) atoms. The van der Waals surface area contributed by atoms with Gasteiger partial charge in [0.15, 0.2) is 0 Å². The van der Waals surface area contributed by atoms with E-state index in [0.29, 0.717) is 24.8 Å². The van der Waals surface area contributed by atoms with Crippen molar-refractivity contribution in [3.05, 3.63) is 29.8 Å². The van der Waals surface area contributed by atoms with Crippen LogP contribution >= 0.6 is 0 Å². The number of rotatable bonds is 11. The molecule has 2 rings (SSSR count). The third kappa shape index (κ3) is 7.95. The summed E-state index contributed by atoms with van der Waals surface area (Å²) in [5.74, 6) is -2.59. The first-order chi connectivity index (χ1) is 16.4. The zero-order chi connectivity index (χ0) is 26.3. The van der Waals surface area contributed by atoms with Crippen LogP contribution in [0, 0.1) is 11.8 Å². The molecule has 0 saturated carbocycles. The molecule has 0 radical (unpaired) electrons. The van der Waals surface area contributed by atoms with E-state index in [-0.39, 0.29) is 30.6 Å². The Hall–Kier alpha value is -3.14. The zero-order valence-corrected chi connectivity index (χ0v) is 20.9. The summed E-state index contributed by atoms with van der Waals surface area (Å²) in [6, 6.07) is 2.53. The Kier molecular flexibility index (Phi) is 10.1. The van der Waals surface area contributed by atoms with Gasteiger partial charge < -0.3 is 31.5 Å². The normalized spacial score (nSPS) is 18.3. The molecule has 0 aromatic heterocycles. The van der Waals surface area contributed by atoms with Crippen molar-refractivity contribution in [3.63, 3.8) is 0 Å². The van der Waals surface area contributed by atoms with E-state index in [1.807, 2.05) is 13.8 Å². The Morgan fingerprint density at radius 2 is 1.69 bits per heavy atom. The lowest BCUT2D eigenvalue weighted by Gasteiger charge is -2.30. The average molecular weight is 491 g/mol. The van der Waals surface area contributed by atoms with Crippen molar-refractivity contribution in [2.24, 2.45) is 17.6 Å². The van der Waals surface area contributed by atoms with Gasteiger partial charge in [-0.2, -0.15) is 0 Å². The minimum absolute atomic E-state index is 0.0615. The van der Waals surface area contributed by atoms with Gasteiger partial charge in [-0.25, -0.2) is 4.79 Å². The second-order valence-corrected chi connectivity index (χ2v) is 9.93. The van der Waals surface area contributed by atoms with E-state index in [0.717, 1.165) is 0 Å². The van der Waals surface area contributed by atoms with Gasteiger partial charge in [0, 0.05) is 13.0 Å². The Morgan fingerprint density at radius 1 is 1.06 bits per heavy atom. The number of benzene rings is 1. The number of carboxylic acids is 1. The standard InChI is InChI=1S/C25H38N4O6/c1-14(2)12-18(26)22(31)28-21(15(3)4)23(32)27-19(13-16-7-9-17(30)10-8-16)24(33)29-11-5-6-20(29)25(34)35/h7-10,14-15,18-21,30H,5-6,11-13,26H2,1-4H3,(H,27,32)(H,28,31)(H,34,35). The van der Waals surface area contributed by atoms with E-state index in [9.17, 15) is 29.4 Å². The molecule has 4 atom stereocenters. The van der Waals surface area contributed by atoms with E-state index >= 15 is 0 Å². The van der Waals surface area contributed by atoms with Gasteiger partial charge >= 0.3 is 5.97 Å². The maximum Gasteiger partial charge on any atom is 0.326 e. The van der Waals surface area contributed by atoms with Gasteiger partial charge in [-0.1, -0.05) is 39.8 Å². The number of carbonyl (C=O) groups excluding carboxylic acids is 3. The molecule has 10 heteroatoms. The highest BCUT2D eigenvalue weighted by Crippen LogP contribution is 2.20. The van der Waals surface area contributed by atoms with Gasteiger partial charge in [-0.05, 0) is 48.8 Å². The number of phenols is 1. The molecule has 194 valence electrons. The molecule has 3 amide bonds. The van der Waals surface area contributed by atoms with Crippen molar-refractivity contribution in [1.82, 2.24) is 15.5 Å². The first kappa shape index (κ1) is 28.1. The molecule has 10 nitrogen and oxygen atoms in total. The van der Waals surface area contributed by atoms with Gasteiger partial charge in [-0.15, -0.1) is 0 Å². The number of phenolic OH excluding ortho intramolecular Hbond substituents is 1. The van der Waals surface area contributed by atoms with Crippen LogP contribution in [0.15, 0.2) is 24.3 Å². The number of nitrogens with two attached hydrogens (primary N) is 1. The van der Waals surface area contributed by atoms with Crippen LogP contribution in [-0.2, 0) is 25.6 Å². The van der Waals surface area contributed by atoms with Gasteiger partial charge in [0.25, 0.3) is 0 Å². The van der Waals surface area contributed by atoms with Gasteiger partial charge in [0.1, 0.15) is 23.9 Å². The molecule has 6 N–H and O–H groups in total. The fourth-order valence-electron chi connectivity index (χ4n) is 4.23. The smallest absolute Gasteiger partial charge is 0.326 e. The summed E-state index contributed by atoms with van der Waals surface area (Å²) in [5, 5.41) is 24.5. The molecular formula is C25H38N4O6. The zero-order valence-electron chi connectivity index (χ0n) is 20.9. The number of carboxylic acid groups (broad SMARTS) is 1. The topological polar surface area (TPSA) is 162 Å². The lowest BCUT2D eigenvalue weighted by atomic mass is 9.99. The highest BCUT2D eigenvalue weighted by atomic mass is 16.4. The predicted molar refractivity (Wildman–Crippen MR) is 130 cm³/mol. The number of nitrogens with one attached hydrogen (secondary N) is 2. The van der Waals surface area contributed by atoms with Crippen molar-refractivity contribution >= 4 is 23.7 Å².